The summed E-state index contributed by atoms with van der Waals surface area (Å²) in [6, 6.07) is 19.9. The highest BCUT2D eigenvalue weighted by Gasteiger charge is 2.20. The Morgan fingerprint density at radius 3 is 2.55 bits per heavy atom. The Hall–Kier alpha value is -4.16. The Morgan fingerprint density at radius 2 is 1.79 bits per heavy atom. The van der Waals surface area contributed by atoms with Gasteiger partial charge in [0, 0.05) is 21.5 Å². The van der Waals surface area contributed by atoms with Crippen LogP contribution in [0.2, 0.25) is 5.02 Å². The number of pyridine rings is 1. The number of ether oxygens (including phenoxy) is 1. The molecule has 0 aliphatic carbocycles. The number of carbonyl (C=O) groups excluding carboxylic acids is 1. The van der Waals surface area contributed by atoms with Crippen LogP contribution in [-0.2, 0) is 0 Å². The molecule has 0 radical (unpaired) electrons. The van der Waals surface area contributed by atoms with Crippen LogP contribution in [0.1, 0.15) is 16.2 Å². The lowest BCUT2D eigenvalue weighted by atomic mass is 9.94. The van der Waals surface area contributed by atoms with Crippen molar-refractivity contribution in [1.29, 1.82) is 0 Å². The van der Waals surface area contributed by atoms with E-state index < -0.39 is 11.3 Å². The number of fused-ring (bicyclic) bond motifs is 2. The third-order valence-corrected chi connectivity index (χ3v) is 5.64. The Morgan fingerprint density at radius 1 is 1.00 bits per heavy atom. The van der Waals surface area contributed by atoms with E-state index in [4.69, 9.17) is 16.3 Å². The van der Waals surface area contributed by atoms with Crippen molar-refractivity contribution in [2.75, 3.05) is 7.11 Å². The zero-order valence-electron chi connectivity index (χ0n) is 17.6. The molecule has 0 amide bonds. The van der Waals surface area contributed by atoms with Crippen LogP contribution in [0.3, 0.4) is 0 Å². The van der Waals surface area contributed by atoms with Gasteiger partial charge in [-0.2, -0.15) is 0 Å². The summed E-state index contributed by atoms with van der Waals surface area (Å²) in [6.45, 7) is 0. The number of hydrogen-bond donors (Lipinski definition) is 2. The lowest BCUT2D eigenvalue weighted by Crippen LogP contribution is -2.18. The zero-order chi connectivity index (χ0) is 22.9. The normalized spacial score (nSPS) is 11.5. The van der Waals surface area contributed by atoms with Crippen LogP contribution in [0.4, 0.5) is 0 Å². The Labute approximate surface area is 193 Å². The molecule has 0 unspecified atom stereocenters. The lowest BCUT2D eigenvalue weighted by Gasteiger charge is -2.12. The van der Waals surface area contributed by atoms with E-state index in [1.807, 2.05) is 36.4 Å². The highest BCUT2D eigenvalue weighted by Crippen LogP contribution is 2.32. The van der Waals surface area contributed by atoms with E-state index >= 15 is 0 Å². The number of nitrogens with zero attached hydrogens (tertiary/aromatic N) is 1. The van der Waals surface area contributed by atoms with Gasteiger partial charge in [0.1, 0.15) is 11.6 Å². The second kappa shape index (κ2) is 8.41. The van der Waals surface area contributed by atoms with Gasteiger partial charge in [0.05, 0.1) is 23.7 Å². The largest absolute Gasteiger partial charge is 0.497 e. The molecule has 2 N–H and O–H groups in total. The fourth-order valence-electron chi connectivity index (χ4n) is 3.85. The zero-order valence-corrected chi connectivity index (χ0v) is 18.3. The number of nitrogens with one attached hydrogen (secondary N) is 2. The molecule has 33 heavy (non-hydrogen) atoms. The van der Waals surface area contributed by atoms with Crippen molar-refractivity contribution in [3.05, 3.63) is 99.6 Å². The van der Waals surface area contributed by atoms with Crippen LogP contribution in [0.5, 0.6) is 5.75 Å². The molecule has 5 rings (SSSR count). The minimum Gasteiger partial charge on any atom is -0.497 e. The van der Waals surface area contributed by atoms with E-state index in [0.29, 0.717) is 38.6 Å². The number of hydrogen-bond acceptors (Lipinski definition) is 4. The van der Waals surface area contributed by atoms with Crippen molar-refractivity contribution < 1.29 is 9.53 Å². The average Bonchev–Trinajstić information content (AvgIpc) is 3.25. The maximum Gasteiger partial charge on any atom is 0.260 e. The number of allylic oxidation sites excluding steroid dienone is 1. The number of carbonyl (C=O) groups is 1. The summed E-state index contributed by atoms with van der Waals surface area (Å²) < 4.78 is 5.25. The third kappa shape index (κ3) is 3.92. The Balaban J connectivity index is 1.66. The van der Waals surface area contributed by atoms with Crippen molar-refractivity contribution in [2.45, 2.75) is 0 Å². The highest BCUT2D eigenvalue weighted by molar-refractivity contribution is 6.31. The molecule has 0 fully saturated rings. The maximum absolute atomic E-state index is 13.3. The third-order valence-electron chi connectivity index (χ3n) is 5.40. The fraction of sp³-hybridized carbons (Fsp3) is 0.0385. The summed E-state index contributed by atoms with van der Waals surface area (Å²) in [4.78, 5) is 36.7. The van der Waals surface area contributed by atoms with Crippen molar-refractivity contribution in [3.8, 4) is 16.9 Å². The Bertz CT molecular complexity index is 1560. The summed E-state index contributed by atoms with van der Waals surface area (Å²) in [5, 5.41) is 1.17. The number of ketones is 1. The van der Waals surface area contributed by atoms with Crippen LogP contribution in [0.25, 0.3) is 39.1 Å². The van der Waals surface area contributed by atoms with E-state index in [1.54, 1.807) is 43.5 Å². The number of benzene rings is 3. The predicted molar refractivity (Wildman–Crippen MR) is 131 cm³/mol. The smallest absolute Gasteiger partial charge is 0.260 e. The fourth-order valence-corrected chi connectivity index (χ4v) is 4.02. The predicted octanol–water partition coefficient (Wildman–Crippen LogP) is 5.63. The van der Waals surface area contributed by atoms with Crippen LogP contribution >= 0.6 is 11.6 Å². The quantitative estimate of drug-likeness (QED) is 0.265. The summed E-state index contributed by atoms with van der Waals surface area (Å²) in [7, 11) is 1.58. The number of rotatable bonds is 5. The number of aromatic amines is 2. The van der Waals surface area contributed by atoms with Gasteiger partial charge in [-0.25, -0.2) is 4.98 Å². The first-order chi connectivity index (χ1) is 16.0. The van der Waals surface area contributed by atoms with Crippen LogP contribution in [0.15, 0.2) is 77.6 Å². The average molecular weight is 456 g/mol. The lowest BCUT2D eigenvalue weighted by molar-refractivity contribution is 0.104. The molecule has 2 heterocycles. The first kappa shape index (κ1) is 20.7. The van der Waals surface area contributed by atoms with Crippen LogP contribution < -0.4 is 10.3 Å². The van der Waals surface area contributed by atoms with E-state index in [0.717, 1.165) is 11.0 Å². The molecule has 0 spiro atoms. The van der Waals surface area contributed by atoms with Crippen molar-refractivity contribution in [3.63, 3.8) is 0 Å². The number of aromatic nitrogens is 3. The summed E-state index contributed by atoms with van der Waals surface area (Å²) >= 11 is 6.25. The molecule has 0 atom stereocenters. The summed E-state index contributed by atoms with van der Waals surface area (Å²) in [6.07, 6.45) is 2.92. The van der Waals surface area contributed by atoms with Crippen molar-refractivity contribution in [2.24, 2.45) is 0 Å². The molecule has 5 aromatic rings. The molecule has 0 saturated carbocycles. The van der Waals surface area contributed by atoms with E-state index in [-0.39, 0.29) is 5.56 Å². The molecule has 2 aromatic heterocycles. The number of para-hydroxylation sites is 2. The van der Waals surface area contributed by atoms with Crippen molar-refractivity contribution in [1.82, 2.24) is 15.0 Å². The molecule has 0 aliphatic rings. The summed E-state index contributed by atoms with van der Waals surface area (Å²) in [5.41, 5.74) is 3.02. The van der Waals surface area contributed by atoms with Crippen molar-refractivity contribution >= 4 is 45.4 Å². The molecule has 162 valence electrons. The molecule has 3 aromatic carbocycles. The maximum atomic E-state index is 13.3. The molecular formula is C26H18ClN3O3. The molecule has 6 nitrogen and oxygen atoms in total. The molecule has 0 bridgehead atoms. The van der Waals surface area contributed by atoms with Gasteiger partial charge in [0.2, 0.25) is 0 Å². The monoisotopic (exact) mass is 455 g/mol. The van der Waals surface area contributed by atoms with Gasteiger partial charge in [0.15, 0.2) is 5.78 Å². The standard InChI is InChI=1S/C26H18ClN3O3/c1-33-17-9-6-15(7-10-17)24-18-14-16(27)8-11-19(18)30-26(32)25(24)22(31)12-13-23-28-20-4-2-3-5-21(20)29-23/h2-14H,1H3,(H,28,29)(H,30,32). The molecular weight excluding hydrogens is 438 g/mol. The van der Waals surface area contributed by atoms with E-state index in [1.165, 1.54) is 6.08 Å². The number of methoxy groups -OCH3 is 1. The Kier molecular flexibility index (Phi) is 5.28. The van der Waals surface area contributed by atoms with Crippen LogP contribution in [-0.4, -0.2) is 27.8 Å². The number of H-pyrrole nitrogens is 2. The topological polar surface area (TPSA) is 87.8 Å². The van der Waals surface area contributed by atoms with E-state index in [9.17, 15) is 9.59 Å². The van der Waals surface area contributed by atoms with Gasteiger partial charge < -0.3 is 14.7 Å². The minimum atomic E-state index is -0.477. The molecule has 0 saturated heterocycles. The summed E-state index contributed by atoms with van der Waals surface area (Å²) in [5.74, 6) is 0.754. The number of halogens is 1. The second-order valence-electron chi connectivity index (χ2n) is 7.46. The van der Waals surface area contributed by atoms with Gasteiger partial charge in [-0.15, -0.1) is 0 Å². The van der Waals surface area contributed by atoms with Gasteiger partial charge in [-0.1, -0.05) is 35.9 Å². The van der Waals surface area contributed by atoms with E-state index in [2.05, 4.69) is 15.0 Å². The van der Waals surface area contributed by atoms with Gasteiger partial charge in [-0.3, -0.25) is 9.59 Å². The molecule has 7 heteroatoms. The van der Waals surface area contributed by atoms with Gasteiger partial charge in [-0.05, 0) is 60.2 Å². The minimum absolute atomic E-state index is 0.0299. The van der Waals surface area contributed by atoms with Crippen LogP contribution in [0, 0.1) is 0 Å². The first-order valence-corrected chi connectivity index (χ1v) is 10.6. The van der Waals surface area contributed by atoms with Gasteiger partial charge >= 0.3 is 0 Å². The molecule has 0 aliphatic heterocycles. The van der Waals surface area contributed by atoms with Gasteiger partial charge in [0.25, 0.3) is 5.56 Å². The SMILES string of the molecule is COc1ccc(-c2c(C(=O)C=Cc3nc4ccccc4[nH]3)c(=O)[nH]c3ccc(Cl)cc23)cc1. The highest BCUT2D eigenvalue weighted by atomic mass is 35.5. The second-order valence-corrected chi connectivity index (χ2v) is 7.90. The number of imidazole rings is 1. The first-order valence-electron chi connectivity index (χ1n) is 10.2.